The fourth-order valence-electron chi connectivity index (χ4n) is 3.15. The van der Waals surface area contributed by atoms with Crippen molar-refractivity contribution in [2.24, 2.45) is 0 Å². The lowest BCUT2D eigenvalue weighted by molar-refractivity contribution is -0.147. The number of ether oxygens (including phenoxy) is 3. The van der Waals surface area contributed by atoms with Gasteiger partial charge in [-0.2, -0.15) is 0 Å². The summed E-state index contributed by atoms with van der Waals surface area (Å²) in [6.07, 6.45) is -0.241. The van der Waals surface area contributed by atoms with Gasteiger partial charge in [-0.3, -0.25) is 9.59 Å². The molecule has 2 heterocycles. The molecule has 0 aliphatic carbocycles. The van der Waals surface area contributed by atoms with Gasteiger partial charge in [-0.15, -0.1) is 11.3 Å². The Kier molecular flexibility index (Phi) is 6.47. The maximum Gasteiger partial charge on any atom is 0.310 e. The van der Waals surface area contributed by atoms with Crippen molar-refractivity contribution in [3.05, 3.63) is 76.2 Å². The Morgan fingerprint density at radius 2 is 1.84 bits per heavy atom. The van der Waals surface area contributed by atoms with Gasteiger partial charge in [0.05, 0.1) is 13.0 Å². The lowest BCUT2D eigenvalue weighted by Gasteiger charge is -2.25. The highest BCUT2D eigenvalue weighted by Crippen LogP contribution is 2.34. The van der Waals surface area contributed by atoms with Crippen LogP contribution in [-0.2, 0) is 27.3 Å². The Morgan fingerprint density at radius 1 is 1.03 bits per heavy atom. The van der Waals surface area contributed by atoms with Gasteiger partial charge in [0, 0.05) is 16.6 Å². The molecule has 0 radical (unpaired) electrons. The van der Waals surface area contributed by atoms with Crippen LogP contribution in [0.1, 0.15) is 10.4 Å². The summed E-state index contributed by atoms with van der Waals surface area (Å²) in [4.78, 5) is 27.6. The average Bonchev–Trinajstić information content (AvgIpc) is 3.30. The van der Waals surface area contributed by atoms with Gasteiger partial charge in [0.1, 0.15) is 19.0 Å². The number of fused-ring (bicyclic) bond motifs is 1. The van der Waals surface area contributed by atoms with Gasteiger partial charge in [0.2, 0.25) is 0 Å². The van der Waals surface area contributed by atoms with Crippen molar-refractivity contribution in [2.45, 2.75) is 13.0 Å². The Hall–Kier alpha value is -3.39. The minimum absolute atomic E-state index is 0.224. The first kappa shape index (κ1) is 20.9. The number of benzene rings is 2. The van der Waals surface area contributed by atoms with Crippen LogP contribution < -0.4 is 14.4 Å². The molecule has 0 spiro atoms. The monoisotopic (exact) mass is 441 g/mol. The molecule has 0 unspecified atom stereocenters. The molecule has 1 aliphatic rings. The number of hydrogen-bond acceptors (Lipinski definition) is 6. The minimum atomic E-state index is -0.670. The zero-order chi connectivity index (χ0) is 21.6. The molecule has 1 aromatic heterocycles. The van der Waals surface area contributed by atoms with E-state index in [9.17, 15) is 14.0 Å². The predicted molar refractivity (Wildman–Crippen MR) is 114 cm³/mol. The van der Waals surface area contributed by atoms with E-state index in [0.717, 1.165) is 4.88 Å². The highest BCUT2D eigenvalue weighted by Gasteiger charge is 2.22. The Morgan fingerprint density at radius 3 is 2.61 bits per heavy atom. The van der Waals surface area contributed by atoms with Crippen molar-refractivity contribution in [1.82, 2.24) is 0 Å². The van der Waals surface area contributed by atoms with Crippen LogP contribution in [0, 0.1) is 5.82 Å². The van der Waals surface area contributed by atoms with Gasteiger partial charge >= 0.3 is 5.97 Å². The van der Waals surface area contributed by atoms with Crippen LogP contribution in [0.4, 0.5) is 10.1 Å². The second kappa shape index (κ2) is 9.61. The molecule has 3 aromatic rings. The molecule has 0 atom stereocenters. The number of carbonyl (C=O) groups is 2. The van der Waals surface area contributed by atoms with Gasteiger partial charge in [-0.25, -0.2) is 4.39 Å². The van der Waals surface area contributed by atoms with Crippen molar-refractivity contribution in [3.63, 3.8) is 0 Å². The number of halogens is 1. The fourth-order valence-corrected chi connectivity index (χ4v) is 3.84. The second-order valence-corrected chi connectivity index (χ2v) is 7.85. The van der Waals surface area contributed by atoms with E-state index in [1.54, 1.807) is 30.3 Å². The van der Waals surface area contributed by atoms with Gasteiger partial charge in [-0.05, 0) is 35.2 Å². The Bertz CT molecular complexity index is 1070. The van der Waals surface area contributed by atoms with Gasteiger partial charge < -0.3 is 19.1 Å². The van der Waals surface area contributed by atoms with Crippen LogP contribution in [0.15, 0.2) is 60.0 Å². The number of rotatable bonds is 7. The highest BCUT2D eigenvalue weighted by atomic mass is 32.1. The predicted octanol–water partition coefficient (Wildman–Crippen LogP) is 3.98. The quantitative estimate of drug-likeness (QED) is 0.519. The SMILES string of the molecule is O=C(Cc1ccccc1F)OCC(=O)N(Cc1cccs1)c1ccc2c(c1)OCCO2. The van der Waals surface area contributed by atoms with Gasteiger partial charge in [0.25, 0.3) is 5.91 Å². The van der Waals surface area contributed by atoms with Crippen molar-refractivity contribution < 1.29 is 28.2 Å². The molecule has 1 aliphatic heterocycles. The number of esters is 1. The number of anilines is 1. The van der Waals surface area contributed by atoms with E-state index in [1.165, 1.54) is 28.4 Å². The summed E-state index contributed by atoms with van der Waals surface area (Å²) in [6, 6.07) is 15.1. The number of amides is 1. The summed E-state index contributed by atoms with van der Waals surface area (Å²) >= 11 is 1.52. The number of carbonyl (C=O) groups excluding carboxylic acids is 2. The summed E-state index contributed by atoms with van der Waals surface area (Å²) < 4.78 is 30.1. The van der Waals surface area contributed by atoms with Gasteiger partial charge in [-0.1, -0.05) is 24.3 Å². The zero-order valence-corrected chi connectivity index (χ0v) is 17.4. The van der Waals surface area contributed by atoms with Crippen molar-refractivity contribution >= 4 is 28.9 Å². The maximum atomic E-state index is 13.7. The van der Waals surface area contributed by atoms with Crippen LogP contribution in [0.25, 0.3) is 0 Å². The van der Waals surface area contributed by atoms with Crippen molar-refractivity contribution in [3.8, 4) is 11.5 Å². The fraction of sp³-hybridized carbons (Fsp3) is 0.217. The molecule has 6 nitrogen and oxygen atoms in total. The molecular weight excluding hydrogens is 421 g/mol. The first-order valence-corrected chi connectivity index (χ1v) is 10.6. The third-order valence-corrected chi connectivity index (χ3v) is 5.54. The van der Waals surface area contributed by atoms with Gasteiger partial charge in [0.15, 0.2) is 18.1 Å². The molecule has 31 heavy (non-hydrogen) atoms. The number of hydrogen-bond donors (Lipinski definition) is 0. The van der Waals surface area contributed by atoms with E-state index in [-0.39, 0.29) is 12.0 Å². The largest absolute Gasteiger partial charge is 0.486 e. The van der Waals surface area contributed by atoms with Crippen LogP contribution in [0.3, 0.4) is 0 Å². The molecule has 0 saturated heterocycles. The van der Waals surface area contributed by atoms with E-state index in [0.29, 0.717) is 36.9 Å². The van der Waals surface area contributed by atoms with E-state index in [4.69, 9.17) is 14.2 Å². The topological polar surface area (TPSA) is 65.1 Å². The zero-order valence-electron chi connectivity index (χ0n) is 16.6. The van der Waals surface area contributed by atoms with E-state index in [1.807, 2.05) is 17.5 Å². The summed E-state index contributed by atoms with van der Waals surface area (Å²) in [5, 5.41) is 1.93. The van der Waals surface area contributed by atoms with Crippen LogP contribution in [-0.4, -0.2) is 31.7 Å². The standard InChI is InChI=1S/C23H20FNO5S/c24-19-6-2-1-4-16(19)12-23(27)30-15-22(26)25(14-18-5-3-11-31-18)17-7-8-20-21(13-17)29-10-9-28-20/h1-8,11,13H,9-10,12,14-15H2. The third-order valence-electron chi connectivity index (χ3n) is 4.68. The average molecular weight is 441 g/mol. The summed E-state index contributed by atoms with van der Waals surface area (Å²) in [5.74, 6) is -0.371. The Labute approximate surface area is 182 Å². The molecule has 4 rings (SSSR count). The smallest absolute Gasteiger partial charge is 0.310 e. The van der Waals surface area contributed by atoms with Crippen LogP contribution in [0.2, 0.25) is 0 Å². The molecule has 0 N–H and O–H groups in total. The third kappa shape index (κ3) is 5.21. The molecule has 0 saturated carbocycles. The minimum Gasteiger partial charge on any atom is -0.486 e. The molecule has 2 aromatic carbocycles. The van der Waals surface area contributed by atoms with Crippen LogP contribution >= 0.6 is 11.3 Å². The van der Waals surface area contributed by atoms with E-state index in [2.05, 4.69) is 0 Å². The number of thiophene rings is 1. The molecule has 1 amide bonds. The first-order valence-electron chi connectivity index (χ1n) is 9.71. The van der Waals surface area contributed by atoms with E-state index < -0.39 is 24.3 Å². The molecule has 8 heteroatoms. The highest BCUT2D eigenvalue weighted by molar-refractivity contribution is 7.09. The van der Waals surface area contributed by atoms with Crippen LogP contribution in [0.5, 0.6) is 11.5 Å². The molecule has 160 valence electrons. The van der Waals surface area contributed by atoms with Crippen molar-refractivity contribution in [2.75, 3.05) is 24.7 Å². The van der Waals surface area contributed by atoms with Crippen molar-refractivity contribution in [1.29, 1.82) is 0 Å². The normalized spacial score (nSPS) is 12.3. The van der Waals surface area contributed by atoms with E-state index >= 15 is 0 Å². The summed E-state index contributed by atoms with van der Waals surface area (Å²) in [6.45, 7) is 0.777. The summed E-state index contributed by atoms with van der Waals surface area (Å²) in [5.41, 5.74) is 0.829. The number of nitrogens with zero attached hydrogens (tertiary/aromatic N) is 1. The first-order chi connectivity index (χ1) is 15.1. The summed E-state index contributed by atoms with van der Waals surface area (Å²) in [7, 11) is 0. The molecule has 0 fully saturated rings. The lowest BCUT2D eigenvalue weighted by Crippen LogP contribution is -2.34. The molecular formula is C23H20FNO5S. The molecule has 0 bridgehead atoms. The second-order valence-electron chi connectivity index (χ2n) is 6.82. The lowest BCUT2D eigenvalue weighted by atomic mass is 10.1. The maximum absolute atomic E-state index is 13.7. The Balaban J connectivity index is 1.46.